The third kappa shape index (κ3) is 3.36. The second-order valence-electron chi connectivity index (χ2n) is 6.04. The Morgan fingerprint density at radius 3 is 2.96 bits per heavy atom. The van der Waals surface area contributed by atoms with Crippen LogP contribution < -0.4 is 16.0 Å². The first-order valence-electron chi connectivity index (χ1n) is 7.58. The molecule has 1 saturated heterocycles. The molecule has 8 nitrogen and oxygen atoms in total. The van der Waals surface area contributed by atoms with Crippen LogP contribution in [0, 0.1) is 0 Å². The van der Waals surface area contributed by atoms with Crippen LogP contribution in [0.2, 0.25) is 0 Å². The molecule has 0 bridgehead atoms. The van der Waals surface area contributed by atoms with Crippen molar-refractivity contribution in [2.45, 2.75) is 34.5 Å². The third-order valence-corrected chi connectivity index (χ3v) is 4.59. The van der Waals surface area contributed by atoms with Gasteiger partial charge in [0.05, 0.1) is 24.5 Å². The molecule has 0 radical (unpaired) electrons. The lowest BCUT2D eigenvalue weighted by Crippen LogP contribution is -2.70. The Balaban J connectivity index is 1.84. The molecule has 0 aromatic rings. The number of aliphatic hydroxyl groups excluding tert-OH is 1. The molecule has 1 spiro atoms. The molecule has 25 heavy (non-hydrogen) atoms. The van der Waals surface area contributed by atoms with Crippen LogP contribution in [0.15, 0.2) is 29.5 Å². The van der Waals surface area contributed by atoms with Crippen molar-refractivity contribution >= 4 is 46.9 Å². The molecule has 3 heterocycles. The van der Waals surface area contributed by atoms with E-state index in [2.05, 4.69) is 27.5 Å². The Kier molecular flexibility index (Phi) is 4.74. The van der Waals surface area contributed by atoms with Crippen molar-refractivity contribution in [3.05, 3.63) is 24.6 Å². The van der Waals surface area contributed by atoms with Crippen LogP contribution in [-0.2, 0) is 4.74 Å². The van der Waals surface area contributed by atoms with Gasteiger partial charge < -0.3 is 25.4 Å². The normalized spacial score (nSPS) is 33.2. The molecule has 4 N–H and O–H groups in total. The highest BCUT2D eigenvalue weighted by atomic mass is 35.6. The van der Waals surface area contributed by atoms with Crippen LogP contribution in [0.3, 0.4) is 0 Å². The predicted octanol–water partition coefficient (Wildman–Crippen LogP) is 0.803. The first-order chi connectivity index (χ1) is 11.7. The number of carbonyl (C=O) groups is 1. The summed E-state index contributed by atoms with van der Waals surface area (Å²) in [6.45, 7) is 5.24. The Hall–Kier alpha value is -1.35. The second kappa shape index (κ2) is 6.42. The van der Waals surface area contributed by atoms with Crippen LogP contribution in [0.25, 0.3) is 0 Å². The van der Waals surface area contributed by atoms with E-state index < -0.39 is 28.2 Å². The Bertz CT molecular complexity index is 650. The molecular weight excluding hydrogens is 393 g/mol. The molecule has 4 atom stereocenters. The number of hydrogen-bond donors (Lipinski definition) is 4. The average Bonchev–Trinajstić information content (AvgIpc) is 3.02. The Labute approximate surface area is 159 Å². The number of guanidine groups is 1. The maximum atomic E-state index is 12.0. The highest BCUT2D eigenvalue weighted by Crippen LogP contribution is 2.38. The summed E-state index contributed by atoms with van der Waals surface area (Å²) in [5.41, 5.74) is -0.691. The standard InChI is InChI=1S/C14H18Cl3N5O3/c1-7-3-4-13-10(18-8(2)21-13)9(5-23)19-11(22(7)13)20-12(24)25-6-14(15,16)17/h3-4,7,9-10,18,21,23H,2,5-6H2,1H3,(H,19,20,24)/t7-,9-,10-,13+/m0/s1. The van der Waals surface area contributed by atoms with Gasteiger partial charge in [-0.15, -0.1) is 0 Å². The summed E-state index contributed by atoms with van der Waals surface area (Å²) in [6, 6.07) is -0.801. The van der Waals surface area contributed by atoms with Crippen molar-refractivity contribution in [3.63, 3.8) is 0 Å². The zero-order chi connectivity index (χ0) is 18.4. The molecule has 3 aliphatic rings. The summed E-state index contributed by atoms with van der Waals surface area (Å²) in [6.07, 6.45) is 3.14. The number of halogens is 3. The van der Waals surface area contributed by atoms with Crippen molar-refractivity contribution in [1.29, 1.82) is 0 Å². The van der Waals surface area contributed by atoms with Crippen LogP contribution in [0.5, 0.6) is 0 Å². The van der Waals surface area contributed by atoms with Crippen molar-refractivity contribution in [1.82, 2.24) is 20.9 Å². The lowest BCUT2D eigenvalue weighted by Gasteiger charge is -2.47. The monoisotopic (exact) mass is 409 g/mol. The summed E-state index contributed by atoms with van der Waals surface area (Å²) in [7, 11) is 0. The number of hydrogen-bond acceptors (Lipinski definition) is 7. The van der Waals surface area contributed by atoms with Gasteiger partial charge in [-0.1, -0.05) is 47.5 Å². The van der Waals surface area contributed by atoms with Gasteiger partial charge in [-0.3, -0.25) is 5.32 Å². The van der Waals surface area contributed by atoms with E-state index in [0.717, 1.165) is 0 Å². The molecule has 0 aromatic carbocycles. The topological polar surface area (TPSA) is 98.2 Å². The van der Waals surface area contributed by atoms with Gasteiger partial charge in [0.25, 0.3) is 0 Å². The zero-order valence-corrected chi connectivity index (χ0v) is 15.6. The van der Waals surface area contributed by atoms with E-state index in [1.165, 1.54) is 0 Å². The van der Waals surface area contributed by atoms with E-state index in [-0.39, 0.29) is 24.7 Å². The molecule has 11 heteroatoms. The van der Waals surface area contributed by atoms with E-state index in [4.69, 9.17) is 39.5 Å². The minimum atomic E-state index is -1.71. The highest BCUT2D eigenvalue weighted by Gasteiger charge is 2.57. The van der Waals surface area contributed by atoms with Gasteiger partial charge in [-0.25, -0.2) is 9.79 Å². The minimum Gasteiger partial charge on any atom is -0.445 e. The van der Waals surface area contributed by atoms with Crippen molar-refractivity contribution in [2.24, 2.45) is 4.99 Å². The van der Waals surface area contributed by atoms with Crippen LogP contribution in [0.1, 0.15) is 6.92 Å². The quantitative estimate of drug-likeness (QED) is 0.397. The van der Waals surface area contributed by atoms with Gasteiger partial charge in [0, 0.05) is 0 Å². The Morgan fingerprint density at radius 2 is 2.32 bits per heavy atom. The second-order valence-corrected chi connectivity index (χ2v) is 8.56. The van der Waals surface area contributed by atoms with E-state index in [1.54, 1.807) is 0 Å². The maximum Gasteiger partial charge on any atom is 0.414 e. The number of nitrogens with zero attached hydrogens (tertiary/aromatic N) is 2. The minimum absolute atomic E-state index is 0.0606. The number of alkyl carbamates (subject to hydrolysis) is 1. The van der Waals surface area contributed by atoms with E-state index in [9.17, 15) is 9.90 Å². The fraction of sp³-hybridized carbons (Fsp3) is 0.571. The SMILES string of the molecule is C=C1N[C@H]2[C@H](CO)N=C(NC(=O)OCC(Cl)(Cl)Cl)N3[C@@H](C)C=C[C@]23N1. The molecule has 0 aromatic heterocycles. The zero-order valence-electron chi connectivity index (χ0n) is 13.3. The molecule has 138 valence electrons. The fourth-order valence-electron chi connectivity index (χ4n) is 3.36. The van der Waals surface area contributed by atoms with Gasteiger partial charge in [0.15, 0.2) is 5.66 Å². The van der Waals surface area contributed by atoms with Gasteiger partial charge in [-0.05, 0) is 13.0 Å². The predicted molar refractivity (Wildman–Crippen MR) is 95.5 cm³/mol. The van der Waals surface area contributed by atoms with Gasteiger partial charge >= 0.3 is 6.09 Å². The molecule has 0 saturated carbocycles. The van der Waals surface area contributed by atoms with Crippen LogP contribution in [0.4, 0.5) is 4.79 Å². The van der Waals surface area contributed by atoms with Crippen LogP contribution in [-0.4, -0.2) is 62.9 Å². The van der Waals surface area contributed by atoms with E-state index in [1.807, 2.05) is 24.0 Å². The van der Waals surface area contributed by atoms with Gasteiger partial charge in [0.2, 0.25) is 9.75 Å². The fourth-order valence-corrected chi connectivity index (χ4v) is 3.53. The first kappa shape index (κ1) is 18.4. The molecule has 3 aliphatic heterocycles. The molecule has 1 fully saturated rings. The van der Waals surface area contributed by atoms with Crippen molar-refractivity contribution in [3.8, 4) is 0 Å². The number of nitrogens with one attached hydrogen (secondary N) is 3. The smallest absolute Gasteiger partial charge is 0.414 e. The molecule has 3 rings (SSSR count). The van der Waals surface area contributed by atoms with Gasteiger partial charge in [-0.2, -0.15) is 0 Å². The summed E-state index contributed by atoms with van der Waals surface area (Å²) >= 11 is 16.7. The highest BCUT2D eigenvalue weighted by molar-refractivity contribution is 6.67. The number of rotatable bonds is 2. The summed E-state index contributed by atoms with van der Waals surface area (Å²) in [5, 5.41) is 18.8. The third-order valence-electron chi connectivity index (χ3n) is 4.26. The van der Waals surface area contributed by atoms with Gasteiger partial charge in [0.1, 0.15) is 12.6 Å². The number of aliphatic hydroxyl groups is 1. The summed E-state index contributed by atoms with van der Waals surface area (Å²) in [5.74, 6) is 0.869. The summed E-state index contributed by atoms with van der Waals surface area (Å²) < 4.78 is 3.20. The number of carbonyl (C=O) groups excluding carboxylic acids is 1. The van der Waals surface area contributed by atoms with E-state index in [0.29, 0.717) is 5.82 Å². The van der Waals surface area contributed by atoms with Crippen LogP contribution >= 0.6 is 34.8 Å². The molecule has 0 unspecified atom stereocenters. The molecule has 0 aliphatic carbocycles. The molecule has 1 amide bonds. The Morgan fingerprint density at radius 1 is 1.60 bits per heavy atom. The summed E-state index contributed by atoms with van der Waals surface area (Å²) in [4.78, 5) is 18.4. The lowest BCUT2D eigenvalue weighted by atomic mass is 9.93. The number of alkyl halides is 3. The van der Waals surface area contributed by atoms with Crippen molar-refractivity contribution in [2.75, 3.05) is 13.2 Å². The first-order valence-corrected chi connectivity index (χ1v) is 8.71. The number of aliphatic imine (C=N–C) groups is 1. The van der Waals surface area contributed by atoms with E-state index >= 15 is 0 Å². The number of ether oxygens (including phenoxy) is 1. The largest absolute Gasteiger partial charge is 0.445 e. The lowest BCUT2D eigenvalue weighted by molar-refractivity contribution is 0.115. The molecular formula is C14H18Cl3N5O3. The maximum absolute atomic E-state index is 12.0. The van der Waals surface area contributed by atoms with Crippen molar-refractivity contribution < 1.29 is 14.6 Å². The number of amides is 1. The average molecular weight is 411 g/mol.